The SMILES string of the molecule is O=C(/C=C/c1ccc(Oc2cccnc2)c(F)c1)N1CCN(Cc2ccncc2)CC1. The lowest BCUT2D eigenvalue weighted by molar-refractivity contribution is -0.127. The fourth-order valence-corrected chi connectivity index (χ4v) is 3.38. The van der Waals surface area contributed by atoms with Crippen LogP contribution in [0.4, 0.5) is 4.39 Å². The quantitative estimate of drug-likeness (QED) is 0.571. The van der Waals surface area contributed by atoms with Crippen LogP contribution in [0.15, 0.2) is 73.3 Å². The average Bonchev–Trinajstić information content (AvgIpc) is 2.81. The minimum atomic E-state index is -0.497. The molecule has 2 aromatic heterocycles. The van der Waals surface area contributed by atoms with Gasteiger partial charge in [0.05, 0.1) is 6.20 Å². The highest BCUT2D eigenvalue weighted by Crippen LogP contribution is 2.25. The minimum Gasteiger partial charge on any atom is -0.453 e. The number of piperazine rings is 1. The van der Waals surface area contributed by atoms with Crippen molar-refractivity contribution < 1.29 is 13.9 Å². The number of nitrogens with zero attached hydrogens (tertiary/aromatic N) is 4. The highest BCUT2D eigenvalue weighted by molar-refractivity contribution is 5.91. The molecular weight excluding hydrogens is 395 g/mol. The summed E-state index contributed by atoms with van der Waals surface area (Å²) in [6.07, 6.45) is 9.84. The first-order valence-electron chi connectivity index (χ1n) is 10.1. The van der Waals surface area contributed by atoms with Crippen LogP contribution in [0.5, 0.6) is 11.5 Å². The Hall–Kier alpha value is -3.58. The summed E-state index contributed by atoms with van der Waals surface area (Å²) >= 11 is 0. The number of amides is 1. The number of pyridine rings is 2. The van der Waals surface area contributed by atoms with Gasteiger partial charge in [0.25, 0.3) is 0 Å². The molecule has 1 aliphatic heterocycles. The number of hydrogen-bond acceptors (Lipinski definition) is 5. The van der Waals surface area contributed by atoms with Crippen LogP contribution in [0, 0.1) is 5.82 Å². The van der Waals surface area contributed by atoms with E-state index in [0.29, 0.717) is 24.4 Å². The van der Waals surface area contributed by atoms with Gasteiger partial charge in [-0.15, -0.1) is 0 Å². The number of rotatable bonds is 6. The van der Waals surface area contributed by atoms with E-state index in [-0.39, 0.29) is 11.7 Å². The van der Waals surface area contributed by atoms with Crippen molar-refractivity contribution in [3.63, 3.8) is 0 Å². The van der Waals surface area contributed by atoms with E-state index >= 15 is 0 Å². The minimum absolute atomic E-state index is 0.0698. The number of hydrogen-bond donors (Lipinski definition) is 0. The molecule has 0 atom stereocenters. The molecule has 0 aliphatic carbocycles. The van der Waals surface area contributed by atoms with E-state index in [1.54, 1.807) is 48.9 Å². The largest absolute Gasteiger partial charge is 0.453 e. The summed E-state index contributed by atoms with van der Waals surface area (Å²) < 4.78 is 19.8. The molecule has 3 aromatic rings. The fraction of sp³-hybridized carbons (Fsp3) is 0.208. The molecule has 1 amide bonds. The second-order valence-electron chi connectivity index (χ2n) is 7.27. The molecule has 0 radical (unpaired) electrons. The van der Waals surface area contributed by atoms with Crippen LogP contribution in [0.2, 0.25) is 0 Å². The van der Waals surface area contributed by atoms with Crippen molar-refractivity contribution in [3.8, 4) is 11.5 Å². The van der Waals surface area contributed by atoms with E-state index in [0.717, 1.165) is 19.6 Å². The molecule has 158 valence electrons. The monoisotopic (exact) mass is 418 g/mol. The number of ether oxygens (including phenoxy) is 1. The number of halogens is 1. The van der Waals surface area contributed by atoms with Crippen molar-refractivity contribution in [1.29, 1.82) is 0 Å². The van der Waals surface area contributed by atoms with Gasteiger partial charge in [-0.3, -0.25) is 19.7 Å². The Bertz CT molecular complexity index is 1040. The van der Waals surface area contributed by atoms with Crippen LogP contribution in [0.1, 0.15) is 11.1 Å². The predicted octanol–water partition coefficient (Wildman–Crippen LogP) is 3.77. The lowest BCUT2D eigenvalue weighted by Crippen LogP contribution is -2.47. The van der Waals surface area contributed by atoms with E-state index in [9.17, 15) is 9.18 Å². The summed E-state index contributed by atoms with van der Waals surface area (Å²) in [7, 11) is 0. The Balaban J connectivity index is 1.29. The summed E-state index contributed by atoms with van der Waals surface area (Å²) in [5.41, 5.74) is 1.81. The van der Waals surface area contributed by atoms with Crippen LogP contribution in [0.25, 0.3) is 6.08 Å². The summed E-state index contributed by atoms with van der Waals surface area (Å²) in [4.78, 5) is 24.6. The molecular formula is C24H23FN4O2. The second kappa shape index (κ2) is 9.95. The van der Waals surface area contributed by atoms with E-state index in [1.807, 2.05) is 17.0 Å². The molecule has 1 saturated heterocycles. The van der Waals surface area contributed by atoms with E-state index in [1.165, 1.54) is 23.9 Å². The number of carbonyl (C=O) groups excluding carboxylic acids is 1. The first-order chi connectivity index (χ1) is 15.2. The van der Waals surface area contributed by atoms with Crippen LogP contribution in [-0.4, -0.2) is 51.9 Å². The van der Waals surface area contributed by atoms with Gasteiger partial charge in [0.2, 0.25) is 5.91 Å². The first-order valence-corrected chi connectivity index (χ1v) is 10.1. The van der Waals surface area contributed by atoms with Crippen molar-refractivity contribution >= 4 is 12.0 Å². The molecule has 0 unspecified atom stereocenters. The van der Waals surface area contributed by atoms with E-state index in [2.05, 4.69) is 14.9 Å². The normalized spacial score (nSPS) is 14.7. The summed E-state index contributed by atoms with van der Waals surface area (Å²) in [5.74, 6) is 0.00701. The smallest absolute Gasteiger partial charge is 0.246 e. The fourth-order valence-electron chi connectivity index (χ4n) is 3.38. The topological polar surface area (TPSA) is 58.6 Å². The summed E-state index contributed by atoms with van der Waals surface area (Å²) in [5, 5.41) is 0. The van der Waals surface area contributed by atoms with Crippen molar-refractivity contribution in [2.24, 2.45) is 0 Å². The second-order valence-corrected chi connectivity index (χ2v) is 7.27. The van der Waals surface area contributed by atoms with Gasteiger partial charge in [-0.1, -0.05) is 6.07 Å². The van der Waals surface area contributed by atoms with Crippen molar-refractivity contribution in [1.82, 2.24) is 19.8 Å². The van der Waals surface area contributed by atoms with Gasteiger partial charge in [-0.2, -0.15) is 0 Å². The van der Waals surface area contributed by atoms with Gasteiger partial charge in [-0.05, 0) is 53.6 Å². The van der Waals surface area contributed by atoms with Crippen LogP contribution < -0.4 is 4.74 Å². The number of carbonyl (C=O) groups is 1. The Labute approximate surface area is 180 Å². The zero-order valence-electron chi connectivity index (χ0n) is 17.0. The number of aromatic nitrogens is 2. The van der Waals surface area contributed by atoms with Gasteiger partial charge in [0.15, 0.2) is 11.6 Å². The van der Waals surface area contributed by atoms with Crippen molar-refractivity contribution in [2.75, 3.05) is 26.2 Å². The first kappa shape index (κ1) is 20.7. The molecule has 4 rings (SSSR count). The molecule has 6 nitrogen and oxygen atoms in total. The van der Waals surface area contributed by atoms with Crippen molar-refractivity contribution in [3.05, 3.63) is 90.3 Å². The summed E-state index contributed by atoms with van der Waals surface area (Å²) in [6, 6.07) is 12.0. The zero-order valence-corrected chi connectivity index (χ0v) is 17.0. The Morgan fingerprint density at radius 1 is 1.03 bits per heavy atom. The highest BCUT2D eigenvalue weighted by Gasteiger charge is 2.19. The maximum Gasteiger partial charge on any atom is 0.246 e. The highest BCUT2D eigenvalue weighted by atomic mass is 19.1. The Morgan fingerprint density at radius 2 is 1.84 bits per heavy atom. The maximum absolute atomic E-state index is 14.4. The van der Waals surface area contributed by atoms with Gasteiger partial charge in [0, 0.05) is 57.4 Å². The predicted molar refractivity (Wildman–Crippen MR) is 116 cm³/mol. The van der Waals surface area contributed by atoms with E-state index < -0.39 is 5.82 Å². The third kappa shape index (κ3) is 5.73. The van der Waals surface area contributed by atoms with Gasteiger partial charge < -0.3 is 9.64 Å². The lowest BCUT2D eigenvalue weighted by atomic mass is 10.2. The molecule has 0 saturated carbocycles. The van der Waals surface area contributed by atoms with Gasteiger partial charge in [-0.25, -0.2) is 4.39 Å². The zero-order chi connectivity index (χ0) is 21.5. The molecule has 7 heteroatoms. The van der Waals surface area contributed by atoms with E-state index in [4.69, 9.17) is 4.74 Å². The third-order valence-corrected chi connectivity index (χ3v) is 5.08. The number of benzene rings is 1. The molecule has 1 fully saturated rings. The summed E-state index contributed by atoms with van der Waals surface area (Å²) in [6.45, 7) is 3.82. The molecule has 1 aromatic carbocycles. The van der Waals surface area contributed by atoms with Crippen molar-refractivity contribution in [2.45, 2.75) is 6.54 Å². The Morgan fingerprint density at radius 3 is 2.55 bits per heavy atom. The molecule has 0 spiro atoms. The lowest BCUT2D eigenvalue weighted by Gasteiger charge is -2.34. The van der Waals surface area contributed by atoms with Crippen LogP contribution in [0.3, 0.4) is 0 Å². The molecule has 0 N–H and O–H groups in total. The van der Waals surface area contributed by atoms with Gasteiger partial charge in [0.1, 0.15) is 5.75 Å². The standard InChI is InChI=1S/C24H23FN4O2/c25-22-16-19(3-5-23(22)31-21-2-1-9-27-17-21)4-6-24(30)29-14-12-28(13-15-29)18-20-7-10-26-11-8-20/h1-11,16-17H,12-15,18H2/b6-4+. The average molecular weight is 418 g/mol. The molecule has 1 aliphatic rings. The maximum atomic E-state index is 14.4. The molecule has 3 heterocycles. The molecule has 31 heavy (non-hydrogen) atoms. The molecule has 0 bridgehead atoms. The van der Waals surface area contributed by atoms with Gasteiger partial charge >= 0.3 is 0 Å². The van der Waals surface area contributed by atoms with Crippen LogP contribution >= 0.6 is 0 Å². The Kier molecular flexibility index (Phi) is 6.64. The third-order valence-electron chi connectivity index (χ3n) is 5.08. The van der Waals surface area contributed by atoms with Crippen LogP contribution in [-0.2, 0) is 11.3 Å².